The molecule has 0 radical (unpaired) electrons. The monoisotopic (exact) mass is 464 g/mol. The van der Waals surface area contributed by atoms with E-state index in [2.05, 4.69) is 70.5 Å². The van der Waals surface area contributed by atoms with Crippen LogP contribution in [0.2, 0.25) is 0 Å². The average Bonchev–Trinajstić information content (AvgIpc) is 3.13. The maximum absolute atomic E-state index is 12.4. The lowest BCUT2D eigenvalue weighted by Gasteiger charge is -2.30. The van der Waals surface area contributed by atoms with Crippen LogP contribution in [0.5, 0.6) is 5.75 Å². The van der Waals surface area contributed by atoms with Gasteiger partial charge in [0.25, 0.3) is 5.91 Å². The minimum atomic E-state index is -0.324. The lowest BCUT2D eigenvalue weighted by Crippen LogP contribution is -2.30. The molecule has 0 bridgehead atoms. The number of likely N-dealkylation sites (N-methyl/N-ethyl adjacent to an activating group) is 1. The molecule has 1 atom stereocenters. The first kappa shape index (κ1) is 23.8. The quantitative estimate of drug-likeness (QED) is 0.270. The van der Waals surface area contributed by atoms with Crippen LogP contribution in [0.15, 0.2) is 89.7 Å². The minimum absolute atomic E-state index is 0.313. The molecule has 1 heterocycles. The molecule has 0 saturated carbocycles. The fourth-order valence-electron chi connectivity index (χ4n) is 4.65. The number of hydrogen-bond donors (Lipinski definition) is 1. The highest BCUT2D eigenvalue weighted by Crippen LogP contribution is 2.50. The number of rotatable bonds is 7. The Kier molecular flexibility index (Phi) is 6.98. The molecule has 0 fully saturated rings. The summed E-state index contributed by atoms with van der Waals surface area (Å²) >= 11 is 0. The molecule has 0 spiro atoms. The number of nitrogens with zero attached hydrogens (tertiary/aromatic N) is 3. The van der Waals surface area contributed by atoms with Crippen LogP contribution in [0.3, 0.4) is 0 Å². The Morgan fingerprint density at radius 2 is 1.89 bits per heavy atom. The topological polar surface area (TPSA) is 58.3 Å². The SMILES string of the molecule is [C-]#[N+]c1ccc(C(=O)N/N=C/C=C2\N(CC)c3ccc(OC)cc3C2(C)Cc2ccccc2)cc1. The van der Waals surface area contributed by atoms with Crippen LogP contribution in [0, 0.1) is 6.57 Å². The summed E-state index contributed by atoms with van der Waals surface area (Å²) in [5.41, 5.74) is 7.90. The van der Waals surface area contributed by atoms with Crippen molar-refractivity contribution < 1.29 is 9.53 Å². The van der Waals surface area contributed by atoms with Crippen molar-refractivity contribution in [2.24, 2.45) is 5.10 Å². The Labute approximate surface area is 206 Å². The molecule has 6 nitrogen and oxygen atoms in total. The molecule has 3 aromatic rings. The molecule has 4 rings (SSSR count). The summed E-state index contributed by atoms with van der Waals surface area (Å²) in [7, 11) is 1.68. The van der Waals surface area contributed by atoms with E-state index < -0.39 is 0 Å². The van der Waals surface area contributed by atoms with Crippen LogP contribution >= 0.6 is 0 Å². The van der Waals surface area contributed by atoms with Gasteiger partial charge in [-0.3, -0.25) is 4.79 Å². The van der Waals surface area contributed by atoms with Crippen molar-refractivity contribution in [3.8, 4) is 5.75 Å². The number of ether oxygens (including phenoxy) is 1. The summed E-state index contributed by atoms with van der Waals surface area (Å²) < 4.78 is 5.54. The van der Waals surface area contributed by atoms with Crippen molar-refractivity contribution in [1.82, 2.24) is 5.43 Å². The van der Waals surface area contributed by atoms with E-state index in [1.54, 1.807) is 37.6 Å². The number of carbonyl (C=O) groups excluding carboxylic acids is 1. The van der Waals surface area contributed by atoms with E-state index in [0.29, 0.717) is 11.3 Å². The summed E-state index contributed by atoms with van der Waals surface area (Å²) in [5, 5.41) is 4.18. The molecule has 1 N–H and O–H groups in total. The van der Waals surface area contributed by atoms with Crippen LogP contribution < -0.4 is 15.1 Å². The van der Waals surface area contributed by atoms with Crippen molar-refractivity contribution in [1.29, 1.82) is 0 Å². The van der Waals surface area contributed by atoms with Crippen LogP contribution in [-0.2, 0) is 11.8 Å². The smallest absolute Gasteiger partial charge is 0.271 e. The fraction of sp³-hybridized carbons (Fsp3) is 0.207. The summed E-state index contributed by atoms with van der Waals surface area (Å²) in [6.07, 6.45) is 4.42. The molecule has 35 heavy (non-hydrogen) atoms. The normalized spacial score (nSPS) is 17.9. The predicted molar refractivity (Wildman–Crippen MR) is 140 cm³/mol. The highest BCUT2D eigenvalue weighted by atomic mass is 16.5. The number of amides is 1. The second kappa shape index (κ2) is 10.3. The Balaban J connectivity index is 1.64. The summed E-state index contributed by atoms with van der Waals surface area (Å²) in [6, 6.07) is 23.1. The van der Waals surface area contributed by atoms with Gasteiger partial charge in [-0.1, -0.05) is 54.6 Å². The number of carbonyl (C=O) groups is 1. The van der Waals surface area contributed by atoms with Crippen molar-refractivity contribution in [2.75, 3.05) is 18.6 Å². The van der Waals surface area contributed by atoms with Crippen LogP contribution in [0.1, 0.15) is 35.3 Å². The number of nitrogens with one attached hydrogen (secondary N) is 1. The number of hydrogen-bond acceptors (Lipinski definition) is 4. The summed E-state index contributed by atoms with van der Waals surface area (Å²) in [4.78, 5) is 18.1. The van der Waals surface area contributed by atoms with Gasteiger partial charge in [-0.05, 0) is 55.7 Å². The van der Waals surface area contributed by atoms with Crippen molar-refractivity contribution in [2.45, 2.75) is 25.7 Å². The molecule has 0 aromatic heterocycles. The van der Waals surface area contributed by atoms with Gasteiger partial charge < -0.3 is 9.64 Å². The van der Waals surface area contributed by atoms with Crippen LogP contribution in [0.4, 0.5) is 11.4 Å². The second-order valence-corrected chi connectivity index (χ2v) is 8.55. The molecule has 1 aliphatic rings. The van der Waals surface area contributed by atoms with Gasteiger partial charge in [0.1, 0.15) is 5.75 Å². The van der Waals surface area contributed by atoms with E-state index in [4.69, 9.17) is 11.3 Å². The fourth-order valence-corrected chi connectivity index (χ4v) is 4.65. The maximum Gasteiger partial charge on any atom is 0.271 e. The third-order valence-corrected chi connectivity index (χ3v) is 6.39. The lowest BCUT2D eigenvalue weighted by molar-refractivity contribution is 0.0955. The van der Waals surface area contributed by atoms with E-state index in [1.165, 1.54) is 11.1 Å². The van der Waals surface area contributed by atoms with Gasteiger partial charge in [-0.2, -0.15) is 5.10 Å². The maximum atomic E-state index is 12.4. The van der Waals surface area contributed by atoms with Crippen molar-refractivity contribution in [3.05, 3.63) is 113 Å². The molecule has 0 aliphatic carbocycles. The first-order valence-electron chi connectivity index (χ1n) is 11.5. The molecule has 1 aliphatic heterocycles. The van der Waals surface area contributed by atoms with E-state index in [9.17, 15) is 4.79 Å². The Morgan fingerprint density at radius 3 is 2.54 bits per heavy atom. The first-order valence-corrected chi connectivity index (χ1v) is 11.5. The third-order valence-electron chi connectivity index (χ3n) is 6.39. The van der Waals surface area contributed by atoms with E-state index in [1.807, 2.05) is 18.2 Å². The number of allylic oxidation sites excluding steroid dienone is 2. The molecule has 0 saturated heterocycles. The zero-order valence-electron chi connectivity index (χ0n) is 20.2. The zero-order valence-corrected chi connectivity index (χ0v) is 20.2. The van der Waals surface area contributed by atoms with Crippen molar-refractivity contribution >= 4 is 23.5 Å². The molecule has 1 amide bonds. The number of methoxy groups -OCH3 is 1. The van der Waals surface area contributed by atoms with Crippen molar-refractivity contribution in [3.63, 3.8) is 0 Å². The first-order chi connectivity index (χ1) is 17.0. The van der Waals surface area contributed by atoms with Gasteiger partial charge in [0.2, 0.25) is 0 Å². The third kappa shape index (κ3) is 4.80. The van der Waals surface area contributed by atoms with Crippen LogP contribution in [0.25, 0.3) is 4.85 Å². The van der Waals surface area contributed by atoms with Gasteiger partial charge in [0.15, 0.2) is 5.69 Å². The Hall–Kier alpha value is -4.37. The van der Waals surface area contributed by atoms with E-state index in [0.717, 1.165) is 30.1 Å². The van der Waals surface area contributed by atoms with E-state index in [-0.39, 0.29) is 11.3 Å². The van der Waals surface area contributed by atoms with E-state index >= 15 is 0 Å². The predicted octanol–water partition coefficient (Wildman–Crippen LogP) is 5.89. The molecule has 1 unspecified atom stereocenters. The Bertz CT molecular complexity index is 1310. The molecular formula is C29H28N4O2. The molecule has 176 valence electrons. The molecule has 3 aromatic carbocycles. The Morgan fingerprint density at radius 1 is 1.14 bits per heavy atom. The van der Waals surface area contributed by atoms with Gasteiger partial charge >= 0.3 is 0 Å². The van der Waals surface area contributed by atoms with Gasteiger partial charge in [-0.15, -0.1) is 0 Å². The minimum Gasteiger partial charge on any atom is -0.497 e. The average molecular weight is 465 g/mol. The van der Waals surface area contributed by atoms with Gasteiger partial charge in [-0.25, -0.2) is 10.3 Å². The van der Waals surface area contributed by atoms with Crippen LogP contribution in [-0.4, -0.2) is 25.8 Å². The highest BCUT2D eigenvalue weighted by molar-refractivity contribution is 5.95. The van der Waals surface area contributed by atoms with Gasteiger partial charge in [0, 0.05) is 35.1 Å². The number of hydrazone groups is 1. The largest absolute Gasteiger partial charge is 0.497 e. The zero-order chi connectivity index (χ0) is 24.8. The lowest BCUT2D eigenvalue weighted by atomic mass is 9.76. The number of anilines is 1. The summed E-state index contributed by atoms with van der Waals surface area (Å²) in [6.45, 7) is 12.2. The molecule has 6 heteroatoms. The summed E-state index contributed by atoms with van der Waals surface area (Å²) in [5.74, 6) is 0.500. The van der Waals surface area contributed by atoms with Gasteiger partial charge in [0.05, 0.1) is 13.7 Å². The molecular weight excluding hydrogens is 436 g/mol. The number of fused-ring (bicyclic) bond motifs is 1. The highest BCUT2D eigenvalue weighted by Gasteiger charge is 2.43. The second-order valence-electron chi connectivity index (χ2n) is 8.55. The standard InChI is InChI=1S/C29H28N4O2/c1-5-33-26-16-15-24(35-4)19-25(26)29(2,20-21-9-7-6-8-10-21)27(33)17-18-31-32-28(34)22-11-13-23(30-3)14-12-22/h6-19H,5,20H2,1-2,4H3,(H,32,34)/b27-17-,31-18+. The number of benzene rings is 3.